The molecule has 130 valence electrons. The van der Waals surface area contributed by atoms with Crippen LogP contribution >= 0.6 is 0 Å². The molecule has 3 nitrogen and oxygen atoms in total. The van der Waals surface area contributed by atoms with Gasteiger partial charge in [-0.25, -0.2) is 0 Å². The summed E-state index contributed by atoms with van der Waals surface area (Å²) in [5.41, 5.74) is 0.671. The first-order valence-corrected chi connectivity index (χ1v) is 11.2. The van der Waals surface area contributed by atoms with Gasteiger partial charge in [-0.3, -0.25) is 4.79 Å². The van der Waals surface area contributed by atoms with Gasteiger partial charge in [0.15, 0.2) is 14.1 Å². The van der Waals surface area contributed by atoms with E-state index in [9.17, 15) is 4.79 Å². The Balaban J connectivity index is 2.49. The number of allylic oxidation sites excluding steroid dienone is 2. The monoisotopic (exact) mass is 336 g/mol. The molecule has 0 saturated heterocycles. The average molecular weight is 337 g/mol. The van der Waals surface area contributed by atoms with Gasteiger partial charge in [-0.2, -0.15) is 0 Å². The van der Waals surface area contributed by atoms with Crippen LogP contribution < -0.4 is 0 Å². The fourth-order valence-electron chi connectivity index (χ4n) is 1.75. The summed E-state index contributed by atoms with van der Waals surface area (Å²) in [5, 5.41) is 0.159. The lowest BCUT2D eigenvalue weighted by Crippen LogP contribution is -2.44. The Labute approximate surface area is 142 Å². The molecule has 23 heavy (non-hydrogen) atoms. The van der Waals surface area contributed by atoms with Crippen molar-refractivity contribution in [1.82, 2.24) is 0 Å². The molecule has 0 fully saturated rings. The van der Waals surface area contributed by atoms with E-state index in [1.54, 1.807) is 18.6 Å². The molecule has 0 N–H and O–H groups in total. The Morgan fingerprint density at radius 3 is 2.43 bits per heavy atom. The molecule has 0 aliphatic rings. The maximum Gasteiger partial charge on any atom is 0.192 e. The number of ketones is 1. The van der Waals surface area contributed by atoms with Crippen LogP contribution in [-0.4, -0.2) is 20.7 Å². The minimum Gasteiger partial charge on any atom is -0.472 e. The summed E-state index contributed by atoms with van der Waals surface area (Å²) < 4.78 is 11.3. The van der Waals surface area contributed by atoms with Crippen LogP contribution in [0.2, 0.25) is 18.1 Å². The summed E-state index contributed by atoms with van der Waals surface area (Å²) in [6, 6.07) is 1.95. The molecular weight excluding hydrogens is 304 g/mol. The van der Waals surface area contributed by atoms with Crippen LogP contribution in [0.5, 0.6) is 0 Å². The number of hydrogen-bond donors (Lipinski definition) is 0. The summed E-state index contributed by atoms with van der Waals surface area (Å²) in [6.07, 6.45) is 8.79. The number of hydrogen-bond acceptors (Lipinski definition) is 3. The molecule has 0 aromatic carbocycles. The average Bonchev–Trinajstić information content (AvgIpc) is 2.93. The summed E-state index contributed by atoms with van der Waals surface area (Å²) in [5.74, 6) is 0.128. The molecule has 0 bridgehead atoms. The lowest BCUT2D eigenvalue weighted by molar-refractivity contribution is -0.123. The number of aryl methyl sites for hydroxylation is 1. The van der Waals surface area contributed by atoms with Crippen molar-refractivity contribution in [2.24, 2.45) is 5.41 Å². The van der Waals surface area contributed by atoms with E-state index in [-0.39, 0.29) is 10.8 Å². The van der Waals surface area contributed by atoms with Gasteiger partial charge in [0.1, 0.15) is 0 Å². The standard InChI is InChI=1S/C19H32O3Si/c1-18(2,3)23(6,7)22-15-19(4,5)17(20)11-9-8-10-16-12-13-21-14-16/h9,11-14H,8,10,15H2,1-7H3/b11-9+. The molecule has 0 spiro atoms. The largest absolute Gasteiger partial charge is 0.472 e. The fourth-order valence-corrected chi connectivity index (χ4v) is 2.90. The van der Waals surface area contributed by atoms with Crippen molar-refractivity contribution in [2.45, 2.75) is 65.6 Å². The summed E-state index contributed by atoms with van der Waals surface area (Å²) in [4.78, 5) is 12.4. The smallest absolute Gasteiger partial charge is 0.192 e. The molecule has 0 aliphatic heterocycles. The SMILES string of the molecule is CC(C)(CO[Si](C)(C)C(C)(C)C)C(=O)/C=C/CCc1ccoc1. The van der Waals surface area contributed by atoms with E-state index in [0.29, 0.717) is 6.61 Å². The number of carbonyl (C=O) groups excluding carboxylic acids is 1. The van der Waals surface area contributed by atoms with Crippen molar-refractivity contribution >= 4 is 14.1 Å². The third kappa shape index (κ3) is 6.11. The Morgan fingerprint density at radius 1 is 1.26 bits per heavy atom. The van der Waals surface area contributed by atoms with Gasteiger partial charge in [-0.05, 0) is 48.7 Å². The second-order valence-electron chi connectivity index (χ2n) is 8.37. The minimum atomic E-state index is -1.82. The predicted octanol–water partition coefficient (Wildman–Crippen LogP) is 5.39. The van der Waals surface area contributed by atoms with Crippen LogP contribution in [0.4, 0.5) is 0 Å². The van der Waals surface area contributed by atoms with E-state index in [0.717, 1.165) is 18.4 Å². The summed E-state index contributed by atoms with van der Waals surface area (Å²) in [7, 11) is -1.82. The molecule has 4 heteroatoms. The molecule has 1 rings (SSSR count). The maximum absolute atomic E-state index is 12.4. The van der Waals surface area contributed by atoms with Crippen molar-refractivity contribution in [3.8, 4) is 0 Å². The molecule has 1 aromatic rings. The van der Waals surface area contributed by atoms with Crippen molar-refractivity contribution < 1.29 is 13.6 Å². The van der Waals surface area contributed by atoms with E-state index in [2.05, 4.69) is 33.9 Å². The molecule has 1 aromatic heterocycles. The third-order valence-electron chi connectivity index (χ3n) is 4.72. The Bertz CT molecular complexity index is 519. The zero-order valence-electron chi connectivity index (χ0n) is 15.7. The zero-order valence-corrected chi connectivity index (χ0v) is 16.7. The van der Waals surface area contributed by atoms with Gasteiger partial charge in [0.2, 0.25) is 0 Å². The topological polar surface area (TPSA) is 39.4 Å². The molecule has 0 atom stereocenters. The van der Waals surface area contributed by atoms with E-state index in [1.165, 1.54) is 0 Å². The molecule has 0 radical (unpaired) electrons. The second kappa shape index (κ2) is 7.62. The first-order valence-electron chi connectivity index (χ1n) is 8.32. The van der Waals surface area contributed by atoms with Crippen molar-refractivity contribution in [3.63, 3.8) is 0 Å². The van der Waals surface area contributed by atoms with E-state index < -0.39 is 13.7 Å². The molecule has 0 amide bonds. The number of furan rings is 1. The zero-order chi connectivity index (χ0) is 17.7. The Morgan fingerprint density at radius 2 is 1.91 bits per heavy atom. The van der Waals surface area contributed by atoms with Crippen LogP contribution in [0.15, 0.2) is 35.2 Å². The van der Waals surface area contributed by atoms with Gasteiger partial charge in [-0.15, -0.1) is 0 Å². The van der Waals surface area contributed by atoms with Gasteiger partial charge >= 0.3 is 0 Å². The molecular formula is C19H32O3Si. The first kappa shape index (κ1) is 19.9. The van der Waals surface area contributed by atoms with Crippen LogP contribution in [0.25, 0.3) is 0 Å². The van der Waals surface area contributed by atoms with Crippen molar-refractivity contribution in [2.75, 3.05) is 6.61 Å². The highest BCUT2D eigenvalue weighted by Crippen LogP contribution is 2.37. The van der Waals surface area contributed by atoms with Crippen molar-refractivity contribution in [1.29, 1.82) is 0 Å². The highest BCUT2D eigenvalue weighted by atomic mass is 28.4. The quantitative estimate of drug-likeness (QED) is 0.472. The van der Waals surface area contributed by atoms with E-state index >= 15 is 0 Å². The Kier molecular flexibility index (Phi) is 6.60. The summed E-state index contributed by atoms with van der Waals surface area (Å²) in [6.45, 7) is 15.5. The van der Waals surface area contributed by atoms with Crippen LogP contribution in [-0.2, 0) is 15.6 Å². The lowest BCUT2D eigenvalue weighted by Gasteiger charge is -2.38. The normalized spacial score (nSPS) is 13.7. The second-order valence-corrected chi connectivity index (χ2v) is 13.2. The first-order chi connectivity index (χ1) is 10.5. The minimum absolute atomic E-state index is 0.128. The van der Waals surface area contributed by atoms with Crippen LogP contribution in [0, 0.1) is 5.41 Å². The molecule has 0 saturated carbocycles. The van der Waals surface area contributed by atoms with Gasteiger partial charge < -0.3 is 8.84 Å². The van der Waals surface area contributed by atoms with Crippen LogP contribution in [0.3, 0.4) is 0 Å². The highest BCUT2D eigenvalue weighted by molar-refractivity contribution is 6.74. The van der Waals surface area contributed by atoms with E-state index in [4.69, 9.17) is 8.84 Å². The third-order valence-corrected chi connectivity index (χ3v) is 9.19. The van der Waals surface area contributed by atoms with Gasteiger partial charge in [0.05, 0.1) is 12.5 Å². The Hall–Kier alpha value is -1.13. The number of carbonyl (C=O) groups is 1. The van der Waals surface area contributed by atoms with E-state index in [1.807, 2.05) is 26.0 Å². The molecule has 0 unspecified atom stereocenters. The van der Waals surface area contributed by atoms with Gasteiger partial charge in [0, 0.05) is 12.0 Å². The number of rotatable bonds is 8. The fraction of sp³-hybridized carbons (Fsp3) is 0.632. The van der Waals surface area contributed by atoms with Gasteiger partial charge in [-0.1, -0.05) is 40.7 Å². The lowest BCUT2D eigenvalue weighted by atomic mass is 9.89. The highest BCUT2D eigenvalue weighted by Gasteiger charge is 2.39. The van der Waals surface area contributed by atoms with Crippen molar-refractivity contribution in [3.05, 3.63) is 36.3 Å². The molecule has 0 aliphatic carbocycles. The van der Waals surface area contributed by atoms with Gasteiger partial charge in [0.25, 0.3) is 0 Å². The predicted molar refractivity (Wildman–Crippen MR) is 98.1 cm³/mol. The van der Waals surface area contributed by atoms with Crippen LogP contribution in [0.1, 0.15) is 46.6 Å². The molecule has 1 heterocycles. The summed E-state index contributed by atoms with van der Waals surface area (Å²) >= 11 is 0. The maximum atomic E-state index is 12.4.